The molecule has 0 saturated carbocycles. The highest BCUT2D eigenvalue weighted by molar-refractivity contribution is 5.92. The molecule has 0 fully saturated rings. The summed E-state index contributed by atoms with van der Waals surface area (Å²) in [6.07, 6.45) is 2.27. The number of rotatable bonds is 7. The molecule has 0 saturated heterocycles. The van der Waals surface area contributed by atoms with Crippen molar-refractivity contribution in [3.63, 3.8) is 0 Å². The van der Waals surface area contributed by atoms with E-state index in [0.29, 0.717) is 30.0 Å². The summed E-state index contributed by atoms with van der Waals surface area (Å²) < 4.78 is 0. The SMILES string of the molecule is CCNC(=O)c1ccc(NC(C)CCC(C)C)nn1. The highest BCUT2D eigenvalue weighted by atomic mass is 16.1. The number of carbonyl (C=O) groups excluding carboxylic acids is 1. The molecule has 0 radical (unpaired) electrons. The van der Waals surface area contributed by atoms with Crippen LogP contribution in [-0.4, -0.2) is 28.7 Å². The van der Waals surface area contributed by atoms with Crippen molar-refractivity contribution in [3.05, 3.63) is 17.8 Å². The van der Waals surface area contributed by atoms with Crippen LogP contribution in [-0.2, 0) is 0 Å². The quantitative estimate of drug-likeness (QED) is 0.794. The molecule has 0 aliphatic rings. The second-order valence-corrected chi connectivity index (χ2v) is 5.18. The van der Waals surface area contributed by atoms with E-state index in [0.717, 1.165) is 6.42 Å². The van der Waals surface area contributed by atoms with Crippen LogP contribution in [0.1, 0.15) is 51.0 Å². The highest BCUT2D eigenvalue weighted by Gasteiger charge is 2.08. The molecule has 0 aliphatic heterocycles. The van der Waals surface area contributed by atoms with Crippen molar-refractivity contribution in [1.29, 1.82) is 0 Å². The molecule has 1 aromatic heterocycles. The summed E-state index contributed by atoms with van der Waals surface area (Å²) in [6, 6.07) is 3.84. The zero-order chi connectivity index (χ0) is 14.3. The van der Waals surface area contributed by atoms with Crippen LogP contribution in [0.3, 0.4) is 0 Å². The Morgan fingerprint density at radius 1 is 1.21 bits per heavy atom. The molecule has 2 N–H and O–H groups in total. The van der Waals surface area contributed by atoms with E-state index in [9.17, 15) is 4.79 Å². The molecule has 106 valence electrons. The maximum absolute atomic E-state index is 11.5. The zero-order valence-electron chi connectivity index (χ0n) is 12.2. The number of carbonyl (C=O) groups is 1. The van der Waals surface area contributed by atoms with Gasteiger partial charge in [-0.15, -0.1) is 10.2 Å². The number of hydrogen-bond acceptors (Lipinski definition) is 4. The lowest BCUT2D eigenvalue weighted by atomic mass is 10.0. The minimum atomic E-state index is -0.186. The van der Waals surface area contributed by atoms with E-state index in [1.54, 1.807) is 12.1 Å². The number of hydrogen-bond donors (Lipinski definition) is 2. The van der Waals surface area contributed by atoms with Crippen molar-refractivity contribution >= 4 is 11.7 Å². The van der Waals surface area contributed by atoms with Crippen LogP contribution in [0.15, 0.2) is 12.1 Å². The highest BCUT2D eigenvalue weighted by Crippen LogP contribution is 2.11. The molecule has 1 atom stereocenters. The van der Waals surface area contributed by atoms with E-state index < -0.39 is 0 Å². The van der Waals surface area contributed by atoms with E-state index in [-0.39, 0.29) is 5.91 Å². The Morgan fingerprint density at radius 3 is 2.47 bits per heavy atom. The number of nitrogens with zero attached hydrogens (tertiary/aromatic N) is 2. The molecule has 5 nitrogen and oxygen atoms in total. The van der Waals surface area contributed by atoms with Gasteiger partial charge in [0, 0.05) is 12.6 Å². The summed E-state index contributed by atoms with van der Waals surface area (Å²) >= 11 is 0. The van der Waals surface area contributed by atoms with Gasteiger partial charge < -0.3 is 10.6 Å². The number of nitrogens with one attached hydrogen (secondary N) is 2. The summed E-state index contributed by atoms with van der Waals surface area (Å²) in [5.74, 6) is 1.23. The molecule has 5 heteroatoms. The van der Waals surface area contributed by atoms with Crippen LogP contribution in [0, 0.1) is 5.92 Å². The second kappa shape index (κ2) is 7.71. The zero-order valence-corrected chi connectivity index (χ0v) is 12.2. The average molecular weight is 264 g/mol. The first kappa shape index (κ1) is 15.4. The van der Waals surface area contributed by atoms with E-state index in [4.69, 9.17) is 0 Å². The number of amides is 1. The minimum Gasteiger partial charge on any atom is -0.366 e. The number of anilines is 1. The Bertz CT molecular complexity index is 389. The van der Waals surface area contributed by atoms with Gasteiger partial charge in [-0.25, -0.2) is 0 Å². The first-order valence-electron chi connectivity index (χ1n) is 6.91. The Hall–Kier alpha value is -1.65. The summed E-state index contributed by atoms with van der Waals surface area (Å²) in [6.45, 7) is 9.02. The lowest BCUT2D eigenvalue weighted by Gasteiger charge is -2.15. The van der Waals surface area contributed by atoms with E-state index >= 15 is 0 Å². The Labute approximate surface area is 115 Å². The summed E-state index contributed by atoms with van der Waals surface area (Å²) in [7, 11) is 0. The van der Waals surface area contributed by atoms with Gasteiger partial charge in [-0.2, -0.15) is 0 Å². The predicted octanol–water partition coefficient (Wildman–Crippen LogP) is 2.46. The Kier molecular flexibility index (Phi) is 6.25. The topological polar surface area (TPSA) is 66.9 Å². The Morgan fingerprint density at radius 2 is 1.95 bits per heavy atom. The predicted molar refractivity (Wildman–Crippen MR) is 77.2 cm³/mol. The molecule has 19 heavy (non-hydrogen) atoms. The van der Waals surface area contributed by atoms with Gasteiger partial charge in [-0.1, -0.05) is 13.8 Å². The summed E-state index contributed by atoms with van der Waals surface area (Å²) in [4.78, 5) is 11.5. The fourth-order valence-corrected chi connectivity index (χ4v) is 1.69. The van der Waals surface area contributed by atoms with Crippen LogP contribution < -0.4 is 10.6 Å². The van der Waals surface area contributed by atoms with Crippen LogP contribution in [0.4, 0.5) is 5.82 Å². The van der Waals surface area contributed by atoms with Crippen LogP contribution >= 0.6 is 0 Å². The largest absolute Gasteiger partial charge is 0.366 e. The summed E-state index contributed by atoms with van der Waals surface area (Å²) in [5, 5.41) is 13.9. The molecule has 0 bridgehead atoms. The van der Waals surface area contributed by atoms with Crippen LogP contribution in [0.2, 0.25) is 0 Å². The van der Waals surface area contributed by atoms with Gasteiger partial charge in [0.05, 0.1) is 0 Å². The molecule has 1 amide bonds. The molecule has 1 rings (SSSR count). The molecular weight excluding hydrogens is 240 g/mol. The van der Waals surface area contributed by atoms with Gasteiger partial charge in [0.1, 0.15) is 5.82 Å². The van der Waals surface area contributed by atoms with Gasteiger partial charge in [0.2, 0.25) is 0 Å². The van der Waals surface area contributed by atoms with Crippen molar-refractivity contribution in [2.24, 2.45) is 5.92 Å². The van der Waals surface area contributed by atoms with Gasteiger partial charge in [-0.05, 0) is 44.7 Å². The first-order chi connectivity index (χ1) is 9.02. The molecule has 0 spiro atoms. The molecule has 0 aromatic carbocycles. The number of aromatic nitrogens is 2. The van der Waals surface area contributed by atoms with Gasteiger partial charge in [0.25, 0.3) is 5.91 Å². The fraction of sp³-hybridized carbons (Fsp3) is 0.643. The maximum Gasteiger partial charge on any atom is 0.271 e. The molecule has 1 aromatic rings. The third-order valence-corrected chi connectivity index (χ3v) is 2.81. The molecule has 1 unspecified atom stereocenters. The second-order valence-electron chi connectivity index (χ2n) is 5.18. The maximum atomic E-state index is 11.5. The average Bonchev–Trinajstić information content (AvgIpc) is 2.37. The third kappa shape index (κ3) is 5.68. The Balaban J connectivity index is 2.50. The summed E-state index contributed by atoms with van der Waals surface area (Å²) in [5.41, 5.74) is 0.349. The molecule has 0 aliphatic carbocycles. The lowest BCUT2D eigenvalue weighted by molar-refractivity contribution is 0.0950. The van der Waals surface area contributed by atoms with E-state index in [2.05, 4.69) is 41.6 Å². The smallest absolute Gasteiger partial charge is 0.271 e. The monoisotopic (exact) mass is 264 g/mol. The van der Waals surface area contributed by atoms with Gasteiger partial charge in [0.15, 0.2) is 5.69 Å². The van der Waals surface area contributed by atoms with Crippen molar-refractivity contribution in [2.45, 2.75) is 46.6 Å². The van der Waals surface area contributed by atoms with Crippen LogP contribution in [0.25, 0.3) is 0 Å². The van der Waals surface area contributed by atoms with Gasteiger partial charge >= 0.3 is 0 Å². The lowest BCUT2D eigenvalue weighted by Crippen LogP contribution is -2.24. The van der Waals surface area contributed by atoms with Crippen molar-refractivity contribution < 1.29 is 4.79 Å². The van der Waals surface area contributed by atoms with Crippen molar-refractivity contribution in [1.82, 2.24) is 15.5 Å². The normalized spacial score (nSPS) is 12.3. The molecular formula is C14H24N4O. The van der Waals surface area contributed by atoms with Crippen molar-refractivity contribution in [3.8, 4) is 0 Å². The fourth-order valence-electron chi connectivity index (χ4n) is 1.69. The van der Waals surface area contributed by atoms with E-state index in [1.165, 1.54) is 6.42 Å². The van der Waals surface area contributed by atoms with E-state index in [1.807, 2.05) is 6.92 Å². The van der Waals surface area contributed by atoms with Crippen molar-refractivity contribution in [2.75, 3.05) is 11.9 Å². The third-order valence-electron chi connectivity index (χ3n) is 2.81. The minimum absolute atomic E-state index is 0.186. The molecule has 1 heterocycles. The first-order valence-corrected chi connectivity index (χ1v) is 6.91. The van der Waals surface area contributed by atoms with Crippen LogP contribution in [0.5, 0.6) is 0 Å². The van der Waals surface area contributed by atoms with Gasteiger partial charge in [-0.3, -0.25) is 4.79 Å². The standard InChI is InChI=1S/C14H24N4O/c1-5-15-14(19)12-8-9-13(18-17-12)16-11(4)7-6-10(2)3/h8-11H,5-7H2,1-4H3,(H,15,19)(H,16,18).